The summed E-state index contributed by atoms with van der Waals surface area (Å²) < 4.78 is 65.7. The molecule has 0 saturated carbocycles. The molecule has 0 unspecified atom stereocenters. The molecule has 0 aliphatic carbocycles. The van der Waals surface area contributed by atoms with Gasteiger partial charge in [-0.3, -0.25) is 4.72 Å². The number of rotatable bonds is 3. The largest absolute Gasteiger partial charge is 0.398 e. The van der Waals surface area contributed by atoms with Crippen molar-refractivity contribution in [2.24, 2.45) is 0 Å². The van der Waals surface area contributed by atoms with E-state index in [2.05, 4.69) is 0 Å². The number of hydrogen-bond donors (Lipinski definition) is 2. The van der Waals surface area contributed by atoms with Crippen molar-refractivity contribution in [3.8, 4) is 0 Å². The van der Waals surface area contributed by atoms with E-state index < -0.39 is 33.2 Å². The highest BCUT2D eigenvalue weighted by atomic mass is 32.2. The van der Waals surface area contributed by atoms with Crippen LogP contribution in [0.1, 0.15) is 5.56 Å². The molecule has 0 heterocycles. The molecule has 0 spiro atoms. The van der Waals surface area contributed by atoms with E-state index in [0.717, 1.165) is 0 Å². The number of hydrogen-bond acceptors (Lipinski definition) is 3. The van der Waals surface area contributed by atoms with Gasteiger partial charge in [-0.25, -0.2) is 21.6 Å². The second-order valence-corrected chi connectivity index (χ2v) is 5.96. The molecule has 0 aliphatic rings. The standard InChI is InChI=1S/C13H11F3N2O2S/c1-7-3-2-4-11(17)13(7)21(19,20)18-12-6-9(15)8(14)5-10(12)16/h2-6,18H,17H2,1H3. The van der Waals surface area contributed by atoms with Gasteiger partial charge in [0.2, 0.25) is 0 Å². The Labute approximate surface area is 119 Å². The van der Waals surface area contributed by atoms with E-state index in [4.69, 9.17) is 5.73 Å². The number of benzene rings is 2. The molecular formula is C13H11F3N2O2S. The van der Waals surface area contributed by atoms with Crippen molar-refractivity contribution >= 4 is 21.4 Å². The predicted molar refractivity (Wildman–Crippen MR) is 72.7 cm³/mol. The SMILES string of the molecule is Cc1cccc(N)c1S(=O)(=O)Nc1cc(F)c(F)cc1F. The molecule has 0 aromatic heterocycles. The van der Waals surface area contributed by atoms with E-state index in [-0.39, 0.29) is 16.6 Å². The summed E-state index contributed by atoms with van der Waals surface area (Å²) in [5.41, 5.74) is 5.21. The fourth-order valence-corrected chi connectivity index (χ4v) is 3.26. The molecule has 0 atom stereocenters. The summed E-state index contributed by atoms with van der Waals surface area (Å²) in [6, 6.07) is 5.11. The number of aryl methyl sites for hydroxylation is 1. The van der Waals surface area contributed by atoms with Crippen molar-refractivity contribution in [1.29, 1.82) is 0 Å². The van der Waals surface area contributed by atoms with Crippen LogP contribution in [-0.4, -0.2) is 8.42 Å². The van der Waals surface area contributed by atoms with Crippen molar-refractivity contribution in [2.75, 3.05) is 10.5 Å². The van der Waals surface area contributed by atoms with Gasteiger partial charge >= 0.3 is 0 Å². The van der Waals surface area contributed by atoms with E-state index in [1.165, 1.54) is 19.1 Å². The Kier molecular flexibility index (Phi) is 3.82. The van der Waals surface area contributed by atoms with Crippen molar-refractivity contribution < 1.29 is 21.6 Å². The molecule has 0 aliphatic heterocycles. The second-order valence-electron chi connectivity index (χ2n) is 4.34. The molecular weight excluding hydrogens is 305 g/mol. The van der Waals surface area contributed by atoms with Crippen LogP contribution >= 0.6 is 0 Å². The number of nitrogens with one attached hydrogen (secondary N) is 1. The van der Waals surface area contributed by atoms with Crippen LogP contribution in [0, 0.1) is 24.4 Å². The molecule has 2 aromatic rings. The van der Waals surface area contributed by atoms with Gasteiger partial charge in [0.1, 0.15) is 10.7 Å². The van der Waals surface area contributed by atoms with E-state index in [1.807, 2.05) is 4.72 Å². The van der Waals surface area contributed by atoms with Crippen LogP contribution in [0.2, 0.25) is 0 Å². The van der Waals surface area contributed by atoms with Gasteiger partial charge < -0.3 is 5.73 Å². The van der Waals surface area contributed by atoms with Gasteiger partial charge in [0.05, 0.1) is 11.4 Å². The van der Waals surface area contributed by atoms with Gasteiger partial charge in [0.15, 0.2) is 11.6 Å². The summed E-state index contributed by atoms with van der Waals surface area (Å²) in [4.78, 5) is -0.242. The molecule has 8 heteroatoms. The third-order valence-corrected chi connectivity index (χ3v) is 4.35. The summed E-state index contributed by atoms with van der Waals surface area (Å²) in [5.74, 6) is -4.01. The average molecular weight is 316 g/mol. The van der Waals surface area contributed by atoms with Gasteiger partial charge in [-0.05, 0) is 18.6 Å². The minimum Gasteiger partial charge on any atom is -0.398 e. The first-order valence-corrected chi connectivity index (χ1v) is 7.23. The summed E-state index contributed by atoms with van der Waals surface area (Å²) in [6.45, 7) is 1.51. The Hall–Kier alpha value is -2.22. The van der Waals surface area contributed by atoms with Gasteiger partial charge in [0, 0.05) is 12.1 Å². The number of halogens is 3. The van der Waals surface area contributed by atoms with E-state index in [1.54, 1.807) is 6.07 Å². The fourth-order valence-electron chi connectivity index (χ4n) is 1.84. The van der Waals surface area contributed by atoms with Gasteiger partial charge in [0.25, 0.3) is 10.0 Å². The zero-order chi connectivity index (χ0) is 15.8. The Balaban J connectivity index is 2.50. The van der Waals surface area contributed by atoms with Gasteiger partial charge in [-0.2, -0.15) is 0 Å². The van der Waals surface area contributed by atoms with E-state index >= 15 is 0 Å². The molecule has 21 heavy (non-hydrogen) atoms. The van der Waals surface area contributed by atoms with Crippen LogP contribution in [-0.2, 0) is 10.0 Å². The Morgan fingerprint density at radius 2 is 1.67 bits per heavy atom. The fraction of sp³-hybridized carbons (Fsp3) is 0.0769. The summed E-state index contributed by atoms with van der Waals surface area (Å²) >= 11 is 0. The maximum atomic E-state index is 13.5. The molecule has 3 N–H and O–H groups in total. The normalized spacial score (nSPS) is 11.4. The molecule has 2 rings (SSSR count). The summed E-state index contributed by atoms with van der Waals surface area (Å²) in [7, 11) is -4.23. The number of nitrogen functional groups attached to an aromatic ring is 1. The third kappa shape index (κ3) is 2.94. The van der Waals surface area contributed by atoms with Crippen molar-refractivity contribution in [3.63, 3.8) is 0 Å². The highest BCUT2D eigenvalue weighted by Gasteiger charge is 2.22. The van der Waals surface area contributed by atoms with Crippen LogP contribution in [0.3, 0.4) is 0 Å². The maximum absolute atomic E-state index is 13.5. The Morgan fingerprint density at radius 1 is 1.05 bits per heavy atom. The lowest BCUT2D eigenvalue weighted by Gasteiger charge is -2.13. The van der Waals surface area contributed by atoms with Crippen LogP contribution in [0.15, 0.2) is 35.2 Å². The lowest BCUT2D eigenvalue weighted by molar-refractivity contribution is 0.496. The lowest BCUT2D eigenvalue weighted by Crippen LogP contribution is -2.17. The highest BCUT2D eigenvalue weighted by Crippen LogP contribution is 2.26. The summed E-state index contributed by atoms with van der Waals surface area (Å²) in [5, 5.41) is 0. The predicted octanol–water partition coefficient (Wildman–Crippen LogP) is 2.80. The highest BCUT2D eigenvalue weighted by molar-refractivity contribution is 7.93. The van der Waals surface area contributed by atoms with Crippen LogP contribution in [0.4, 0.5) is 24.5 Å². The number of sulfonamides is 1. The average Bonchev–Trinajstić information content (AvgIpc) is 2.35. The van der Waals surface area contributed by atoms with Crippen LogP contribution in [0.5, 0.6) is 0 Å². The molecule has 0 fully saturated rings. The molecule has 112 valence electrons. The summed E-state index contributed by atoms with van der Waals surface area (Å²) in [6.07, 6.45) is 0. The minimum absolute atomic E-state index is 0.0366. The third-order valence-electron chi connectivity index (χ3n) is 2.77. The zero-order valence-electron chi connectivity index (χ0n) is 10.8. The van der Waals surface area contributed by atoms with Crippen LogP contribution in [0.25, 0.3) is 0 Å². The molecule has 0 saturated heterocycles. The topological polar surface area (TPSA) is 72.2 Å². The van der Waals surface area contributed by atoms with E-state index in [0.29, 0.717) is 11.6 Å². The minimum atomic E-state index is -4.23. The number of nitrogens with two attached hydrogens (primary N) is 1. The maximum Gasteiger partial charge on any atom is 0.264 e. The molecule has 0 radical (unpaired) electrons. The Morgan fingerprint density at radius 3 is 2.29 bits per heavy atom. The Bertz CT molecular complexity index is 787. The molecule has 2 aromatic carbocycles. The van der Waals surface area contributed by atoms with Gasteiger partial charge in [-0.1, -0.05) is 12.1 Å². The van der Waals surface area contributed by atoms with Crippen LogP contribution < -0.4 is 10.5 Å². The van der Waals surface area contributed by atoms with Gasteiger partial charge in [-0.15, -0.1) is 0 Å². The molecule has 4 nitrogen and oxygen atoms in total. The second kappa shape index (κ2) is 5.28. The lowest BCUT2D eigenvalue weighted by atomic mass is 10.2. The first kappa shape index (κ1) is 15.2. The van der Waals surface area contributed by atoms with E-state index in [9.17, 15) is 21.6 Å². The molecule has 0 bridgehead atoms. The monoisotopic (exact) mass is 316 g/mol. The molecule has 0 amide bonds. The smallest absolute Gasteiger partial charge is 0.264 e. The number of anilines is 2. The van der Waals surface area contributed by atoms with Crippen molar-refractivity contribution in [1.82, 2.24) is 0 Å². The first-order valence-electron chi connectivity index (χ1n) is 5.75. The van der Waals surface area contributed by atoms with Crippen molar-refractivity contribution in [3.05, 3.63) is 53.3 Å². The zero-order valence-corrected chi connectivity index (χ0v) is 11.6. The first-order chi connectivity index (χ1) is 9.72. The van der Waals surface area contributed by atoms with Crippen molar-refractivity contribution in [2.45, 2.75) is 11.8 Å². The quantitative estimate of drug-likeness (QED) is 0.675.